The van der Waals surface area contributed by atoms with Gasteiger partial charge in [0.2, 0.25) is 0 Å². The minimum atomic E-state index is -1.02. The maximum absolute atomic E-state index is 13.1. The highest BCUT2D eigenvalue weighted by molar-refractivity contribution is 6.13. The van der Waals surface area contributed by atoms with Crippen molar-refractivity contribution in [3.05, 3.63) is 47.0 Å². The summed E-state index contributed by atoms with van der Waals surface area (Å²) in [7, 11) is 0. The summed E-state index contributed by atoms with van der Waals surface area (Å²) in [6.45, 7) is 4.78. The highest BCUT2D eigenvalue weighted by Gasteiger charge is 2.21. The molecular weight excluding hydrogens is 400 g/mol. The molecule has 2 rings (SSSR count). The first-order valence-electron chi connectivity index (χ1n) is 12.5. The van der Waals surface area contributed by atoms with Crippen LogP contribution in [0, 0.1) is 0 Å². The second-order valence-electron chi connectivity index (χ2n) is 8.73. The quantitative estimate of drug-likeness (QED) is 0.212. The molecule has 0 aliphatic rings. The zero-order chi connectivity index (χ0) is 23.2. The van der Waals surface area contributed by atoms with Crippen molar-refractivity contribution in [3.8, 4) is 0 Å². The number of ether oxygens (including phenoxy) is 1. The van der Waals surface area contributed by atoms with Gasteiger partial charge in [0.1, 0.15) is 0 Å². The van der Waals surface area contributed by atoms with Gasteiger partial charge in [-0.15, -0.1) is 0 Å². The number of carboxylic acid groups (broad SMARTS) is 1. The van der Waals surface area contributed by atoms with Gasteiger partial charge in [0.15, 0.2) is 0 Å². The highest BCUT2D eigenvalue weighted by atomic mass is 16.5. The van der Waals surface area contributed by atoms with Gasteiger partial charge in [-0.25, -0.2) is 9.59 Å². The van der Waals surface area contributed by atoms with E-state index >= 15 is 0 Å². The van der Waals surface area contributed by atoms with Gasteiger partial charge in [0.05, 0.1) is 17.7 Å². The van der Waals surface area contributed by atoms with Crippen LogP contribution in [-0.2, 0) is 11.2 Å². The molecule has 0 aromatic heterocycles. The monoisotopic (exact) mass is 440 g/mol. The Labute approximate surface area is 193 Å². The molecule has 4 heteroatoms. The molecule has 4 nitrogen and oxygen atoms in total. The van der Waals surface area contributed by atoms with Crippen LogP contribution in [0.2, 0.25) is 0 Å². The number of unbranched alkanes of at least 4 members (excludes halogenated alkanes) is 10. The van der Waals surface area contributed by atoms with Crippen molar-refractivity contribution in [3.63, 3.8) is 0 Å². The number of rotatable bonds is 16. The van der Waals surface area contributed by atoms with Crippen LogP contribution in [0.4, 0.5) is 0 Å². The van der Waals surface area contributed by atoms with E-state index in [1.807, 2.05) is 18.2 Å². The molecule has 0 heterocycles. The molecule has 0 saturated carbocycles. The van der Waals surface area contributed by atoms with Crippen molar-refractivity contribution in [1.82, 2.24) is 0 Å². The number of hydrogen-bond donors (Lipinski definition) is 1. The number of aromatic carboxylic acids is 1. The van der Waals surface area contributed by atoms with Gasteiger partial charge in [0, 0.05) is 5.39 Å². The predicted molar refractivity (Wildman–Crippen MR) is 132 cm³/mol. The molecule has 0 aliphatic carbocycles. The largest absolute Gasteiger partial charge is 0.478 e. The second-order valence-corrected chi connectivity index (χ2v) is 8.73. The van der Waals surface area contributed by atoms with Gasteiger partial charge in [-0.1, -0.05) is 102 Å². The van der Waals surface area contributed by atoms with E-state index in [1.165, 1.54) is 44.9 Å². The number of esters is 1. The third kappa shape index (κ3) is 7.96. The molecule has 2 aromatic rings. The van der Waals surface area contributed by atoms with Gasteiger partial charge in [-0.2, -0.15) is 0 Å². The summed E-state index contributed by atoms with van der Waals surface area (Å²) in [5, 5.41) is 11.0. The Hall–Kier alpha value is -2.36. The third-order valence-electron chi connectivity index (χ3n) is 6.10. The van der Waals surface area contributed by atoms with Gasteiger partial charge >= 0.3 is 11.9 Å². The van der Waals surface area contributed by atoms with E-state index in [0.29, 0.717) is 17.6 Å². The summed E-state index contributed by atoms with van der Waals surface area (Å²) in [6.07, 6.45) is 14.5. The minimum Gasteiger partial charge on any atom is -0.478 e. The van der Waals surface area contributed by atoms with Crippen molar-refractivity contribution in [2.24, 2.45) is 0 Å². The Bertz CT molecular complexity index is 856. The molecule has 176 valence electrons. The van der Waals surface area contributed by atoms with Gasteiger partial charge in [-0.05, 0) is 36.3 Å². The summed E-state index contributed by atoms with van der Waals surface area (Å²) in [5.41, 5.74) is 1.51. The first kappa shape index (κ1) is 25.9. The number of carbonyl (C=O) groups is 2. The summed E-state index contributed by atoms with van der Waals surface area (Å²) >= 11 is 0. The van der Waals surface area contributed by atoms with Gasteiger partial charge in [-0.3, -0.25) is 0 Å². The lowest BCUT2D eigenvalue weighted by Crippen LogP contribution is -2.12. The smallest absolute Gasteiger partial charge is 0.339 e. The van der Waals surface area contributed by atoms with E-state index in [9.17, 15) is 14.7 Å². The minimum absolute atomic E-state index is 0.166. The number of carbonyl (C=O) groups excluding carboxylic acids is 1. The van der Waals surface area contributed by atoms with Crippen molar-refractivity contribution in [1.29, 1.82) is 0 Å². The number of fused-ring (bicyclic) bond motifs is 1. The number of hydrogen-bond acceptors (Lipinski definition) is 3. The van der Waals surface area contributed by atoms with Crippen molar-refractivity contribution in [2.45, 2.75) is 97.3 Å². The van der Waals surface area contributed by atoms with E-state index in [-0.39, 0.29) is 11.5 Å². The first-order valence-corrected chi connectivity index (χ1v) is 12.5. The molecule has 0 fully saturated rings. The summed E-state index contributed by atoms with van der Waals surface area (Å²) in [5.74, 6) is -1.41. The third-order valence-corrected chi connectivity index (χ3v) is 6.10. The van der Waals surface area contributed by atoms with Crippen molar-refractivity contribution in [2.75, 3.05) is 6.61 Å². The zero-order valence-corrected chi connectivity index (χ0v) is 20.0. The lowest BCUT2D eigenvalue weighted by Gasteiger charge is -2.15. The number of benzene rings is 2. The van der Waals surface area contributed by atoms with Gasteiger partial charge < -0.3 is 9.84 Å². The first-order chi connectivity index (χ1) is 15.6. The molecule has 0 unspecified atom stereocenters. The summed E-state index contributed by atoms with van der Waals surface area (Å²) in [6, 6.07) is 9.06. The van der Waals surface area contributed by atoms with Crippen LogP contribution >= 0.6 is 0 Å². The SMILES string of the molecule is CCCCCCCCOC(=O)c1c(CCCCCCCC)ccc2cccc(C(=O)O)c12. The molecule has 0 saturated heterocycles. The maximum Gasteiger partial charge on any atom is 0.339 e. The average molecular weight is 441 g/mol. The van der Waals surface area contributed by atoms with Crippen LogP contribution < -0.4 is 0 Å². The van der Waals surface area contributed by atoms with Crippen LogP contribution in [-0.4, -0.2) is 23.7 Å². The molecule has 0 bridgehead atoms. The Balaban J connectivity index is 2.16. The topological polar surface area (TPSA) is 63.6 Å². The predicted octanol–water partition coefficient (Wildman–Crippen LogP) is 7.96. The normalized spacial score (nSPS) is 11.1. The van der Waals surface area contributed by atoms with E-state index in [0.717, 1.165) is 49.5 Å². The molecule has 1 N–H and O–H groups in total. The molecule has 0 radical (unpaired) electrons. The Morgan fingerprint density at radius 1 is 0.781 bits per heavy atom. The number of carboxylic acids is 1. The van der Waals surface area contributed by atoms with Crippen molar-refractivity contribution < 1.29 is 19.4 Å². The van der Waals surface area contributed by atoms with E-state index in [2.05, 4.69) is 13.8 Å². The van der Waals surface area contributed by atoms with Gasteiger partial charge in [0.25, 0.3) is 0 Å². The van der Waals surface area contributed by atoms with E-state index < -0.39 is 5.97 Å². The molecule has 0 aliphatic heterocycles. The zero-order valence-electron chi connectivity index (χ0n) is 20.0. The molecular formula is C28H40O4. The average Bonchev–Trinajstić information content (AvgIpc) is 2.79. The fourth-order valence-corrected chi connectivity index (χ4v) is 4.26. The fourth-order valence-electron chi connectivity index (χ4n) is 4.26. The lowest BCUT2D eigenvalue weighted by molar-refractivity contribution is 0.0498. The standard InChI is InChI=1S/C28H40O4/c1-3-5-7-9-11-13-16-23-20-19-22-17-15-18-24(27(29)30)25(22)26(23)28(31)32-21-14-12-10-8-6-4-2/h15,17-20H,3-14,16,21H2,1-2H3,(H,29,30). The molecule has 0 amide bonds. The Morgan fingerprint density at radius 2 is 1.41 bits per heavy atom. The van der Waals surface area contributed by atoms with E-state index in [1.54, 1.807) is 12.1 Å². The lowest BCUT2D eigenvalue weighted by atomic mass is 9.92. The Kier molecular flexibility index (Phi) is 11.9. The fraction of sp³-hybridized carbons (Fsp3) is 0.571. The molecule has 32 heavy (non-hydrogen) atoms. The summed E-state index contributed by atoms with van der Waals surface area (Å²) < 4.78 is 5.65. The van der Waals surface area contributed by atoms with Crippen LogP contribution in [0.1, 0.15) is 117 Å². The Morgan fingerprint density at radius 3 is 2.06 bits per heavy atom. The summed E-state index contributed by atoms with van der Waals surface area (Å²) in [4.78, 5) is 25.0. The molecule has 2 aromatic carbocycles. The van der Waals surface area contributed by atoms with Crippen LogP contribution in [0.15, 0.2) is 30.3 Å². The van der Waals surface area contributed by atoms with Crippen LogP contribution in [0.3, 0.4) is 0 Å². The molecule has 0 atom stereocenters. The molecule has 0 spiro atoms. The van der Waals surface area contributed by atoms with Crippen LogP contribution in [0.25, 0.3) is 10.8 Å². The van der Waals surface area contributed by atoms with Crippen LogP contribution in [0.5, 0.6) is 0 Å². The number of aryl methyl sites for hydroxylation is 1. The van der Waals surface area contributed by atoms with E-state index in [4.69, 9.17) is 4.74 Å². The highest BCUT2D eigenvalue weighted by Crippen LogP contribution is 2.28. The maximum atomic E-state index is 13.1. The van der Waals surface area contributed by atoms with Crippen molar-refractivity contribution >= 4 is 22.7 Å². The second kappa shape index (κ2) is 14.7.